The molecule has 0 radical (unpaired) electrons. The lowest BCUT2D eigenvalue weighted by Gasteiger charge is -2.34. The predicted octanol–water partition coefficient (Wildman–Crippen LogP) is 1.58. The average Bonchev–Trinajstić information content (AvgIpc) is 2.80. The molecular weight excluding hydrogens is 190 g/mol. The van der Waals surface area contributed by atoms with Gasteiger partial charge in [0.05, 0.1) is 18.3 Å². The van der Waals surface area contributed by atoms with Gasteiger partial charge in [0.25, 0.3) is 0 Å². The van der Waals surface area contributed by atoms with Crippen LogP contribution in [0.4, 0.5) is 0 Å². The lowest BCUT2D eigenvalue weighted by atomic mass is 9.99. The van der Waals surface area contributed by atoms with E-state index in [4.69, 9.17) is 4.74 Å². The second-order valence-electron chi connectivity index (χ2n) is 4.05. The first kappa shape index (κ1) is 10.6. The lowest BCUT2D eigenvalue weighted by molar-refractivity contribution is 0.0942. The number of ether oxygens (including phenoxy) is 1. The van der Waals surface area contributed by atoms with Crippen molar-refractivity contribution in [2.75, 3.05) is 26.8 Å². The number of nitrogens with zero attached hydrogens (tertiary/aromatic N) is 2. The van der Waals surface area contributed by atoms with Crippen molar-refractivity contribution >= 4 is 0 Å². The molecule has 1 aliphatic heterocycles. The summed E-state index contributed by atoms with van der Waals surface area (Å²) in [7, 11) is 1.76. The van der Waals surface area contributed by atoms with Crippen molar-refractivity contribution in [3.05, 3.63) is 18.0 Å². The molecule has 4 heteroatoms. The van der Waals surface area contributed by atoms with Crippen molar-refractivity contribution in [2.45, 2.75) is 25.3 Å². The minimum Gasteiger partial charge on any atom is -0.383 e. The van der Waals surface area contributed by atoms with E-state index in [1.54, 1.807) is 7.11 Å². The minimum atomic E-state index is 0.511. The van der Waals surface area contributed by atoms with Gasteiger partial charge in [-0.2, -0.15) is 5.10 Å². The Morgan fingerprint density at radius 1 is 1.60 bits per heavy atom. The Kier molecular flexibility index (Phi) is 3.75. The number of piperidine rings is 1. The van der Waals surface area contributed by atoms with E-state index in [9.17, 15) is 0 Å². The maximum Gasteiger partial charge on any atom is 0.0589 e. The van der Waals surface area contributed by atoms with Gasteiger partial charge in [-0.3, -0.25) is 10.00 Å². The topological polar surface area (TPSA) is 41.1 Å². The van der Waals surface area contributed by atoms with Crippen molar-refractivity contribution in [3.63, 3.8) is 0 Å². The maximum atomic E-state index is 5.14. The third-order valence-electron chi connectivity index (χ3n) is 3.08. The zero-order chi connectivity index (χ0) is 10.5. The fourth-order valence-corrected chi connectivity index (χ4v) is 2.27. The molecule has 1 aliphatic rings. The second-order valence-corrected chi connectivity index (χ2v) is 4.05. The van der Waals surface area contributed by atoms with Gasteiger partial charge in [0.15, 0.2) is 0 Å². The van der Waals surface area contributed by atoms with Crippen LogP contribution >= 0.6 is 0 Å². The quantitative estimate of drug-likeness (QED) is 0.818. The highest BCUT2D eigenvalue weighted by atomic mass is 16.5. The molecule has 1 saturated heterocycles. The van der Waals surface area contributed by atoms with Crippen LogP contribution in [0.25, 0.3) is 0 Å². The van der Waals surface area contributed by atoms with Crippen LogP contribution in [0, 0.1) is 0 Å². The number of aromatic nitrogens is 2. The van der Waals surface area contributed by atoms with Gasteiger partial charge in [0.1, 0.15) is 0 Å². The van der Waals surface area contributed by atoms with Gasteiger partial charge in [-0.05, 0) is 25.5 Å². The number of aromatic amines is 1. The predicted molar refractivity (Wildman–Crippen MR) is 58.6 cm³/mol. The number of hydrogen-bond acceptors (Lipinski definition) is 3. The summed E-state index contributed by atoms with van der Waals surface area (Å²) in [5.74, 6) is 0. The molecule has 1 aromatic rings. The molecule has 1 atom stereocenters. The van der Waals surface area contributed by atoms with Crippen LogP contribution in [0.1, 0.15) is 31.0 Å². The summed E-state index contributed by atoms with van der Waals surface area (Å²) in [5, 5.41) is 7.11. The smallest absolute Gasteiger partial charge is 0.0589 e. The van der Waals surface area contributed by atoms with Crippen molar-refractivity contribution in [1.29, 1.82) is 0 Å². The van der Waals surface area contributed by atoms with Crippen molar-refractivity contribution in [1.82, 2.24) is 15.1 Å². The highest BCUT2D eigenvalue weighted by Crippen LogP contribution is 2.28. The fourth-order valence-electron chi connectivity index (χ4n) is 2.27. The van der Waals surface area contributed by atoms with Gasteiger partial charge in [-0.25, -0.2) is 0 Å². The SMILES string of the molecule is COCCN1CCCC[C@H]1c1ccn[nH]1. The van der Waals surface area contributed by atoms with Crippen molar-refractivity contribution in [2.24, 2.45) is 0 Å². The number of likely N-dealkylation sites (tertiary alicyclic amines) is 1. The summed E-state index contributed by atoms with van der Waals surface area (Å²) in [4.78, 5) is 2.49. The van der Waals surface area contributed by atoms with Gasteiger partial charge in [-0.15, -0.1) is 0 Å². The Bertz CT molecular complexity index is 273. The van der Waals surface area contributed by atoms with E-state index in [0.717, 1.165) is 13.2 Å². The largest absolute Gasteiger partial charge is 0.383 e. The van der Waals surface area contributed by atoms with E-state index >= 15 is 0 Å². The molecule has 0 amide bonds. The Morgan fingerprint density at radius 2 is 2.53 bits per heavy atom. The number of nitrogens with one attached hydrogen (secondary N) is 1. The molecule has 84 valence electrons. The Morgan fingerprint density at radius 3 is 3.27 bits per heavy atom. The Labute approximate surface area is 90.6 Å². The highest BCUT2D eigenvalue weighted by Gasteiger charge is 2.24. The first-order chi connectivity index (χ1) is 7.42. The monoisotopic (exact) mass is 209 g/mol. The van der Waals surface area contributed by atoms with Crippen LogP contribution in [-0.4, -0.2) is 41.9 Å². The maximum absolute atomic E-state index is 5.14. The molecule has 0 aromatic carbocycles. The van der Waals surface area contributed by atoms with Crippen LogP contribution in [0.3, 0.4) is 0 Å². The van der Waals surface area contributed by atoms with Gasteiger partial charge in [-0.1, -0.05) is 6.42 Å². The summed E-state index contributed by atoms with van der Waals surface area (Å²) < 4.78 is 5.14. The van der Waals surface area contributed by atoms with Gasteiger partial charge in [0, 0.05) is 19.9 Å². The van der Waals surface area contributed by atoms with E-state index < -0.39 is 0 Å². The van der Waals surface area contributed by atoms with Crippen molar-refractivity contribution < 1.29 is 4.74 Å². The molecule has 1 aromatic heterocycles. The second kappa shape index (κ2) is 5.28. The van der Waals surface area contributed by atoms with Gasteiger partial charge in [0.2, 0.25) is 0 Å². The lowest BCUT2D eigenvalue weighted by Crippen LogP contribution is -2.36. The first-order valence-electron chi connectivity index (χ1n) is 5.64. The third kappa shape index (κ3) is 2.58. The first-order valence-corrected chi connectivity index (χ1v) is 5.64. The zero-order valence-corrected chi connectivity index (χ0v) is 9.28. The average molecular weight is 209 g/mol. The molecule has 1 fully saturated rings. The Hall–Kier alpha value is -0.870. The summed E-state index contributed by atoms with van der Waals surface area (Å²) in [6.07, 6.45) is 5.67. The number of hydrogen-bond donors (Lipinski definition) is 1. The molecular formula is C11H19N3O. The highest BCUT2D eigenvalue weighted by molar-refractivity contribution is 5.05. The molecule has 2 rings (SSSR count). The van der Waals surface area contributed by atoms with Crippen LogP contribution in [0.15, 0.2) is 12.3 Å². The Balaban J connectivity index is 1.99. The molecule has 0 aliphatic carbocycles. The van der Waals surface area contributed by atoms with Crippen LogP contribution in [0.5, 0.6) is 0 Å². The van der Waals surface area contributed by atoms with Crippen molar-refractivity contribution in [3.8, 4) is 0 Å². The van der Waals surface area contributed by atoms with Gasteiger partial charge >= 0.3 is 0 Å². The molecule has 2 heterocycles. The van der Waals surface area contributed by atoms with Gasteiger partial charge < -0.3 is 4.74 Å². The molecule has 1 N–H and O–H groups in total. The molecule has 0 saturated carbocycles. The number of H-pyrrole nitrogens is 1. The normalized spacial score (nSPS) is 23.1. The number of rotatable bonds is 4. The fraction of sp³-hybridized carbons (Fsp3) is 0.727. The minimum absolute atomic E-state index is 0.511. The molecule has 15 heavy (non-hydrogen) atoms. The van der Waals surface area contributed by atoms with E-state index in [2.05, 4.69) is 21.2 Å². The van der Waals surface area contributed by atoms with E-state index in [-0.39, 0.29) is 0 Å². The summed E-state index contributed by atoms with van der Waals surface area (Å²) in [6, 6.07) is 2.59. The van der Waals surface area contributed by atoms with Crippen LogP contribution in [-0.2, 0) is 4.74 Å². The summed E-state index contributed by atoms with van der Waals surface area (Å²) in [5.41, 5.74) is 1.24. The van der Waals surface area contributed by atoms with Crippen LogP contribution in [0.2, 0.25) is 0 Å². The van der Waals surface area contributed by atoms with E-state index in [1.165, 1.54) is 31.5 Å². The standard InChI is InChI=1S/C11H19N3O/c1-15-9-8-14-7-3-2-4-11(14)10-5-6-12-13-10/h5-6,11H,2-4,7-9H2,1H3,(H,12,13)/t11-/m0/s1. The third-order valence-corrected chi connectivity index (χ3v) is 3.08. The zero-order valence-electron chi connectivity index (χ0n) is 9.28. The molecule has 0 bridgehead atoms. The van der Waals surface area contributed by atoms with E-state index in [0.29, 0.717) is 6.04 Å². The molecule has 0 spiro atoms. The molecule has 0 unspecified atom stereocenters. The molecule has 4 nitrogen and oxygen atoms in total. The van der Waals surface area contributed by atoms with Crippen LogP contribution < -0.4 is 0 Å². The summed E-state index contributed by atoms with van der Waals surface area (Å²) >= 11 is 0. The van der Waals surface area contributed by atoms with E-state index in [1.807, 2.05) is 6.20 Å². The summed E-state index contributed by atoms with van der Waals surface area (Å²) in [6.45, 7) is 3.00. The number of methoxy groups -OCH3 is 1.